The van der Waals surface area contributed by atoms with Crippen LogP contribution in [-0.4, -0.2) is 39.6 Å². The van der Waals surface area contributed by atoms with Crippen molar-refractivity contribution in [2.75, 3.05) is 13.4 Å². The van der Waals surface area contributed by atoms with Gasteiger partial charge in [-0.15, -0.1) is 10.2 Å². The molecule has 9 heteroatoms. The molecule has 0 spiro atoms. The van der Waals surface area contributed by atoms with Crippen LogP contribution in [-0.2, 0) is 6.61 Å². The molecule has 1 N–H and O–H groups in total. The van der Waals surface area contributed by atoms with E-state index in [4.69, 9.17) is 9.47 Å². The summed E-state index contributed by atoms with van der Waals surface area (Å²) in [7, 11) is 1.50. The number of hydrogen-bond donors (Lipinski definition) is 1. The third-order valence-electron chi connectivity index (χ3n) is 3.61. The number of phenolic OH excluding ortho intramolecular Hbond substituents is 1. The number of methoxy groups -OCH3 is 1. The number of para-hydroxylation sites is 1. The highest BCUT2D eigenvalue weighted by Gasteiger charge is 2.13. The molecular weight excluding hydrogens is 432 g/mol. The third-order valence-corrected chi connectivity index (χ3v) is 5.06. The number of aromatic hydroxyl groups is 1. The summed E-state index contributed by atoms with van der Waals surface area (Å²) in [5, 5.41) is 23.5. The van der Waals surface area contributed by atoms with Crippen LogP contribution in [0.2, 0.25) is 0 Å². The molecule has 7 nitrogen and oxygen atoms in total. The summed E-state index contributed by atoms with van der Waals surface area (Å²) >= 11 is 4.79. The molecule has 0 aliphatic carbocycles. The number of ether oxygens (including phenoxy) is 2. The largest absolute Gasteiger partial charge is 0.503 e. The zero-order valence-corrected chi connectivity index (χ0v) is 17.1. The monoisotopic (exact) mass is 448 g/mol. The van der Waals surface area contributed by atoms with Crippen molar-refractivity contribution in [1.82, 2.24) is 14.9 Å². The van der Waals surface area contributed by atoms with E-state index < -0.39 is 0 Å². The maximum atomic E-state index is 10.1. The molecule has 1 aromatic heterocycles. The van der Waals surface area contributed by atoms with E-state index in [9.17, 15) is 5.11 Å². The molecule has 0 fully saturated rings. The molecule has 0 aliphatic rings. The standard InChI is InChI=1S/C18H17BrN4O3S/c1-25-14-9-8-12(16(19)17(14)24)10-20-23-15(21-22-18(23)27-2)11-26-13-6-4-3-5-7-13/h3-10,24H,11H2,1-2H3/b20-10-. The SMILES string of the molecule is COc1ccc(/C=N\n2c(COc3ccccc3)nnc2SC)c(Br)c1O. The zero-order chi connectivity index (χ0) is 19.2. The van der Waals surface area contributed by atoms with E-state index in [1.54, 1.807) is 23.0 Å². The van der Waals surface area contributed by atoms with E-state index >= 15 is 0 Å². The lowest BCUT2D eigenvalue weighted by Gasteiger charge is -2.08. The lowest BCUT2D eigenvalue weighted by molar-refractivity contribution is 0.290. The van der Waals surface area contributed by atoms with Crippen LogP contribution in [0.4, 0.5) is 0 Å². The molecule has 27 heavy (non-hydrogen) atoms. The highest BCUT2D eigenvalue weighted by Crippen LogP contribution is 2.35. The summed E-state index contributed by atoms with van der Waals surface area (Å²) in [6.07, 6.45) is 3.51. The predicted molar refractivity (Wildman–Crippen MR) is 108 cm³/mol. The van der Waals surface area contributed by atoms with E-state index in [1.165, 1.54) is 18.9 Å². The van der Waals surface area contributed by atoms with Crippen molar-refractivity contribution in [2.45, 2.75) is 11.8 Å². The number of aromatic nitrogens is 3. The molecule has 1 heterocycles. The van der Waals surface area contributed by atoms with Crippen molar-refractivity contribution in [3.8, 4) is 17.2 Å². The Morgan fingerprint density at radius 2 is 2.00 bits per heavy atom. The van der Waals surface area contributed by atoms with Gasteiger partial charge in [0.2, 0.25) is 5.16 Å². The molecule has 0 atom stereocenters. The molecule has 0 radical (unpaired) electrons. The second-order valence-corrected chi connectivity index (χ2v) is 6.85. The molecule has 0 amide bonds. The van der Waals surface area contributed by atoms with Crippen molar-refractivity contribution >= 4 is 33.9 Å². The van der Waals surface area contributed by atoms with Crippen molar-refractivity contribution in [3.05, 3.63) is 58.3 Å². The molecule has 0 unspecified atom stereocenters. The molecule has 2 aromatic carbocycles. The van der Waals surface area contributed by atoms with Gasteiger partial charge in [0.1, 0.15) is 12.4 Å². The second-order valence-electron chi connectivity index (χ2n) is 5.28. The number of nitrogens with zero attached hydrogens (tertiary/aromatic N) is 4. The van der Waals surface area contributed by atoms with Crippen LogP contribution in [0.3, 0.4) is 0 Å². The fourth-order valence-corrected chi connectivity index (χ4v) is 3.12. The summed E-state index contributed by atoms with van der Waals surface area (Å²) in [5.41, 5.74) is 0.684. The molecular formula is C18H17BrN4O3S. The summed E-state index contributed by atoms with van der Waals surface area (Å²) in [6, 6.07) is 12.9. The minimum atomic E-state index is 0.0166. The second kappa shape index (κ2) is 8.92. The highest BCUT2D eigenvalue weighted by atomic mass is 79.9. The first-order chi connectivity index (χ1) is 13.1. The Hall–Kier alpha value is -2.52. The fraction of sp³-hybridized carbons (Fsp3) is 0.167. The van der Waals surface area contributed by atoms with Gasteiger partial charge in [0, 0.05) is 5.56 Å². The lowest BCUT2D eigenvalue weighted by atomic mass is 10.2. The van der Waals surface area contributed by atoms with Crippen LogP contribution >= 0.6 is 27.7 Å². The average molecular weight is 449 g/mol. The first-order valence-corrected chi connectivity index (χ1v) is 9.91. The predicted octanol–water partition coefficient (Wildman–Crippen LogP) is 3.94. The van der Waals surface area contributed by atoms with Crippen LogP contribution in [0.15, 0.2) is 57.2 Å². The van der Waals surface area contributed by atoms with Gasteiger partial charge in [-0.1, -0.05) is 30.0 Å². The quantitative estimate of drug-likeness (QED) is 0.435. The molecule has 0 saturated carbocycles. The number of hydrogen-bond acceptors (Lipinski definition) is 7. The Morgan fingerprint density at radius 3 is 2.70 bits per heavy atom. The van der Waals surface area contributed by atoms with Gasteiger partial charge in [0.15, 0.2) is 17.3 Å². The van der Waals surface area contributed by atoms with Crippen LogP contribution in [0.1, 0.15) is 11.4 Å². The highest BCUT2D eigenvalue weighted by molar-refractivity contribution is 9.10. The normalized spacial score (nSPS) is 11.1. The van der Waals surface area contributed by atoms with E-state index in [-0.39, 0.29) is 12.4 Å². The smallest absolute Gasteiger partial charge is 0.211 e. The number of benzene rings is 2. The first-order valence-electron chi connectivity index (χ1n) is 7.90. The van der Waals surface area contributed by atoms with Crippen LogP contribution in [0.5, 0.6) is 17.2 Å². The van der Waals surface area contributed by atoms with Gasteiger partial charge in [-0.05, 0) is 46.5 Å². The molecule has 3 rings (SSSR count). The Kier molecular flexibility index (Phi) is 6.36. The van der Waals surface area contributed by atoms with Gasteiger partial charge in [-0.2, -0.15) is 9.78 Å². The minimum Gasteiger partial charge on any atom is -0.503 e. The van der Waals surface area contributed by atoms with Gasteiger partial charge >= 0.3 is 0 Å². The summed E-state index contributed by atoms with van der Waals surface area (Å²) in [6.45, 7) is 0.226. The number of thioether (sulfide) groups is 1. The van der Waals surface area contributed by atoms with E-state index in [1.807, 2.05) is 36.6 Å². The molecule has 140 valence electrons. The Balaban J connectivity index is 1.85. The zero-order valence-electron chi connectivity index (χ0n) is 14.7. The number of rotatable bonds is 7. The van der Waals surface area contributed by atoms with Crippen LogP contribution in [0, 0.1) is 0 Å². The average Bonchev–Trinajstić information content (AvgIpc) is 3.10. The van der Waals surface area contributed by atoms with Gasteiger partial charge in [-0.3, -0.25) is 0 Å². The summed E-state index contributed by atoms with van der Waals surface area (Å²) in [5.74, 6) is 1.70. The van der Waals surface area contributed by atoms with Crippen molar-refractivity contribution < 1.29 is 14.6 Å². The van der Waals surface area contributed by atoms with Crippen molar-refractivity contribution in [1.29, 1.82) is 0 Å². The van der Waals surface area contributed by atoms with Gasteiger partial charge in [0.05, 0.1) is 17.8 Å². The molecule has 0 bridgehead atoms. The molecule has 0 aliphatic heterocycles. The third kappa shape index (κ3) is 4.42. The van der Waals surface area contributed by atoms with Gasteiger partial charge < -0.3 is 14.6 Å². The maximum Gasteiger partial charge on any atom is 0.211 e. The van der Waals surface area contributed by atoms with Crippen molar-refractivity contribution in [3.63, 3.8) is 0 Å². The van der Waals surface area contributed by atoms with Crippen LogP contribution < -0.4 is 9.47 Å². The molecule has 0 saturated heterocycles. The van der Waals surface area contributed by atoms with E-state index in [2.05, 4.69) is 31.2 Å². The number of phenols is 1. The van der Waals surface area contributed by atoms with E-state index in [0.29, 0.717) is 26.8 Å². The first kappa shape index (κ1) is 19.2. The Morgan fingerprint density at radius 1 is 1.22 bits per heavy atom. The summed E-state index contributed by atoms with van der Waals surface area (Å²) < 4.78 is 12.9. The van der Waals surface area contributed by atoms with Crippen molar-refractivity contribution in [2.24, 2.45) is 5.10 Å². The summed E-state index contributed by atoms with van der Waals surface area (Å²) in [4.78, 5) is 0. The topological polar surface area (TPSA) is 81.8 Å². The van der Waals surface area contributed by atoms with Gasteiger partial charge in [0.25, 0.3) is 0 Å². The Bertz CT molecular complexity index is 947. The van der Waals surface area contributed by atoms with E-state index in [0.717, 1.165) is 5.75 Å². The number of halogens is 1. The fourth-order valence-electron chi connectivity index (χ4n) is 2.24. The maximum absolute atomic E-state index is 10.1. The molecule has 3 aromatic rings. The van der Waals surface area contributed by atoms with Crippen LogP contribution in [0.25, 0.3) is 0 Å². The van der Waals surface area contributed by atoms with Gasteiger partial charge in [-0.25, -0.2) is 0 Å². The Labute approximate surface area is 169 Å². The minimum absolute atomic E-state index is 0.0166. The lowest BCUT2D eigenvalue weighted by Crippen LogP contribution is -2.05.